The molecule has 0 aliphatic carbocycles. The predicted molar refractivity (Wildman–Crippen MR) is 79.5 cm³/mol. The van der Waals surface area contributed by atoms with E-state index in [-0.39, 0.29) is 11.8 Å². The lowest BCUT2D eigenvalue weighted by molar-refractivity contribution is -0.142. The molecule has 4 nitrogen and oxygen atoms in total. The minimum absolute atomic E-state index is 0.00167. The van der Waals surface area contributed by atoms with E-state index < -0.39 is 11.9 Å². The SMILES string of the molecule is Cc1c(Br)cccc1CC(=O)N1C[C@@H](C)[C@H](C(=O)O)C1. The van der Waals surface area contributed by atoms with Gasteiger partial charge in [-0.15, -0.1) is 0 Å². The Morgan fingerprint density at radius 3 is 2.70 bits per heavy atom. The van der Waals surface area contributed by atoms with Gasteiger partial charge >= 0.3 is 5.97 Å². The summed E-state index contributed by atoms with van der Waals surface area (Å²) in [6.07, 6.45) is 0.324. The molecule has 108 valence electrons. The molecule has 0 aromatic heterocycles. The average Bonchev–Trinajstić information content (AvgIpc) is 2.77. The Morgan fingerprint density at radius 2 is 2.10 bits per heavy atom. The van der Waals surface area contributed by atoms with E-state index in [0.717, 1.165) is 15.6 Å². The summed E-state index contributed by atoms with van der Waals surface area (Å²) in [4.78, 5) is 25.1. The summed E-state index contributed by atoms with van der Waals surface area (Å²) in [6, 6.07) is 5.79. The molecule has 1 aromatic rings. The van der Waals surface area contributed by atoms with Crippen molar-refractivity contribution in [3.63, 3.8) is 0 Å². The van der Waals surface area contributed by atoms with Crippen molar-refractivity contribution in [2.24, 2.45) is 11.8 Å². The van der Waals surface area contributed by atoms with Crippen LogP contribution in [0.25, 0.3) is 0 Å². The monoisotopic (exact) mass is 339 g/mol. The summed E-state index contributed by atoms with van der Waals surface area (Å²) in [5, 5.41) is 9.11. The third-order valence-corrected chi connectivity index (χ3v) is 4.86. The molecule has 0 spiro atoms. The van der Waals surface area contributed by atoms with E-state index >= 15 is 0 Å². The van der Waals surface area contributed by atoms with Crippen LogP contribution < -0.4 is 0 Å². The summed E-state index contributed by atoms with van der Waals surface area (Å²) in [7, 11) is 0. The van der Waals surface area contributed by atoms with E-state index in [1.165, 1.54) is 0 Å². The van der Waals surface area contributed by atoms with E-state index in [0.29, 0.717) is 19.5 Å². The van der Waals surface area contributed by atoms with Crippen molar-refractivity contribution in [1.82, 2.24) is 4.90 Å². The fourth-order valence-electron chi connectivity index (χ4n) is 2.61. The van der Waals surface area contributed by atoms with Crippen molar-refractivity contribution in [2.45, 2.75) is 20.3 Å². The molecule has 0 bridgehead atoms. The van der Waals surface area contributed by atoms with Crippen LogP contribution in [0.2, 0.25) is 0 Å². The Labute approximate surface area is 126 Å². The van der Waals surface area contributed by atoms with E-state index in [4.69, 9.17) is 5.11 Å². The third kappa shape index (κ3) is 3.03. The fourth-order valence-corrected chi connectivity index (χ4v) is 3.02. The van der Waals surface area contributed by atoms with Gasteiger partial charge in [0.05, 0.1) is 12.3 Å². The lowest BCUT2D eigenvalue weighted by Gasteiger charge is -2.17. The topological polar surface area (TPSA) is 57.6 Å². The van der Waals surface area contributed by atoms with Crippen molar-refractivity contribution < 1.29 is 14.7 Å². The predicted octanol–water partition coefficient (Wildman–Crippen LogP) is 2.48. The summed E-state index contributed by atoms with van der Waals surface area (Å²) in [6.45, 7) is 4.71. The first kappa shape index (κ1) is 15.0. The largest absolute Gasteiger partial charge is 0.481 e. The van der Waals surface area contributed by atoms with Crippen molar-refractivity contribution >= 4 is 27.8 Å². The van der Waals surface area contributed by atoms with Crippen LogP contribution in [0.15, 0.2) is 22.7 Å². The maximum atomic E-state index is 12.3. The van der Waals surface area contributed by atoms with Crippen LogP contribution in [0.3, 0.4) is 0 Å². The third-order valence-electron chi connectivity index (χ3n) is 4.00. The molecule has 0 radical (unpaired) electrons. The standard InChI is InChI=1S/C15H18BrNO3/c1-9-7-17(8-12(9)15(19)20)14(18)6-11-4-3-5-13(16)10(11)2/h3-5,9,12H,6-8H2,1-2H3,(H,19,20)/t9-,12-/m1/s1. The van der Waals surface area contributed by atoms with Gasteiger partial charge in [-0.2, -0.15) is 0 Å². The van der Waals surface area contributed by atoms with Crippen LogP contribution >= 0.6 is 15.9 Å². The molecule has 5 heteroatoms. The molecule has 2 rings (SSSR count). The van der Waals surface area contributed by atoms with Gasteiger partial charge in [-0.1, -0.05) is 35.0 Å². The van der Waals surface area contributed by atoms with Crippen LogP contribution in [-0.2, 0) is 16.0 Å². The number of amides is 1. The van der Waals surface area contributed by atoms with E-state index in [9.17, 15) is 9.59 Å². The summed E-state index contributed by atoms with van der Waals surface area (Å²) in [5.74, 6) is -1.24. The Kier molecular flexibility index (Phi) is 4.48. The number of carbonyl (C=O) groups is 2. The van der Waals surface area contributed by atoms with Crippen LogP contribution in [-0.4, -0.2) is 35.0 Å². The molecule has 1 heterocycles. The van der Waals surface area contributed by atoms with Gasteiger partial charge in [0.1, 0.15) is 0 Å². The number of likely N-dealkylation sites (tertiary alicyclic amines) is 1. The zero-order chi connectivity index (χ0) is 14.9. The first-order chi connectivity index (χ1) is 9.40. The minimum Gasteiger partial charge on any atom is -0.481 e. The maximum Gasteiger partial charge on any atom is 0.308 e. The first-order valence-corrected chi connectivity index (χ1v) is 7.44. The van der Waals surface area contributed by atoms with E-state index in [2.05, 4.69) is 15.9 Å². The number of halogens is 1. The molecule has 20 heavy (non-hydrogen) atoms. The Hall–Kier alpha value is -1.36. The second-order valence-corrected chi connectivity index (χ2v) is 6.28. The van der Waals surface area contributed by atoms with Crippen LogP contribution in [0, 0.1) is 18.8 Å². The summed E-state index contributed by atoms with van der Waals surface area (Å²) >= 11 is 3.46. The first-order valence-electron chi connectivity index (χ1n) is 6.64. The highest BCUT2D eigenvalue weighted by Crippen LogP contribution is 2.25. The maximum absolute atomic E-state index is 12.3. The normalized spacial score (nSPS) is 22.1. The Morgan fingerprint density at radius 1 is 1.40 bits per heavy atom. The van der Waals surface area contributed by atoms with Gasteiger partial charge in [0.25, 0.3) is 0 Å². The van der Waals surface area contributed by atoms with Gasteiger partial charge in [-0.3, -0.25) is 9.59 Å². The molecule has 1 aliphatic heterocycles. The van der Waals surface area contributed by atoms with Crippen molar-refractivity contribution in [1.29, 1.82) is 0 Å². The molecule has 0 unspecified atom stereocenters. The smallest absolute Gasteiger partial charge is 0.308 e. The highest BCUT2D eigenvalue weighted by Gasteiger charge is 2.36. The summed E-state index contributed by atoms with van der Waals surface area (Å²) < 4.78 is 0.987. The summed E-state index contributed by atoms with van der Waals surface area (Å²) in [5.41, 5.74) is 2.04. The highest BCUT2D eigenvalue weighted by molar-refractivity contribution is 9.10. The zero-order valence-corrected chi connectivity index (χ0v) is 13.2. The van der Waals surface area contributed by atoms with Gasteiger partial charge < -0.3 is 10.0 Å². The van der Waals surface area contributed by atoms with E-state index in [1.54, 1.807) is 4.90 Å². The number of rotatable bonds is 3. The molecule has 1 N–H and O–H groups in total. The number of carbonyl (C=O) groups excluding carboxylic acids is 1. The number of carboxylic acids is 1. The molecule has 1 amide bonds. The molecular formula is C15H18BrNO3. The van der Waals surface area contributed by atoms with Crippen molar-refractivity contribution in [3.8, 4) is 0 Å². The van der Waals surface area contributed by atoms with Crippen LogP contribution in [0.5, 0.6) is 0 Å². The second-order valence-electron chi connectivity index (χ2n) is 5.42. The quantitative estimate of drug-likeness (QED) is 0.920. The van der Waals surface area contributed by atoms with Crippen LogP contribution in [0.4, 0.5) is 0 Å². The second kappa shape index (κ2) is 5.95. The number of benzene rings is 1. The average molecular weight is 340 g/mol. The lowest BCUT2D eigenvalue weighted by Crippen LogP contribution is -2.31. The van der Waals surface area contributed by atoms with Gasteiger partial charge in [0.2, 0.25) is 5.91 Å². The lowest BCUT2D eigenvalue weighted by atomic mass is 9.99. The molecule has 1 fully saturated rings. The fraction of sp³-hybridized carbons (Fsp3) is 0.467. The number of carboxylic acid groups (broad SMARTS) is 1. The number of nitrogens with zero attached hydrogens (tertiary/aromatic N) is 1. The van der Waals surface area contributed by atoms with Gasteiger partial charge in [0, 0.05) is 17.6 Å². The molecule has 1 saturated heterocycles. The zero-order valence-electron chi connectivity index (χ0n) is 11.6. The number of aliphatic carboxylic acids is 1. The molecular weight excluding hydrogens is 322 g/mol. The van der Waals surface area contributed by atoms with Crippen molar-refractivity contribution in [2.75, 3.05) is 13.1 Å². The minimum atomic E-state index is -0.813. The van der Waals surface area contributed by atoms with Crippen molar-refractivity contribution in [3.05, 3.63) is 33.8 Å². The molecule has 2 atom stereocenters. The molecule has 1 aliphatic rings. The molecule has 1 aromatic carbocycles. The highest BCUT2D eigenvalue weighted by atomic mass is 79.9. The van der Waals surface area contributed by atoms with E-state index in [1.807, 2.05) is 32.0 Å². The molecule has 0 saturated carbocycles. The number of hydrogen-bond acceptors (Lipinski definition) is 2. The van der Waals surface area contributed by atoms with Gasteiger partial charge in [-0.25, -0.2) is 0 Å². The van der Waals surface area contributed by atoms with Crippen LogP contribution in [0.1, 0.15) is 18.1 Å². The van der Waals surface area contributed by atoms with Gasteiger partial charge in [0.15, 0.2) is 0 Å². The van der Waals surface area contributed by atoms with Gasteiger partial charge in [-0.05, 0) is 30.0 Å². The Balaban J connectivity index is 2.06. The Bertz CT molecular complexity index is 544. The number of hydrogen-bond donors (Lipinski definition) is 1.